The van der Waals surface area contributed by atoms with Crippen molar-refractivity contribution in [1.82, 2.24) is 4.90 Å². The topological polar surface area (TPSA) is 95.4 Å². The summed E-state index contributed by atoms with van der Waals surface area (Å²) >= 11 is 6.59. The predicted octanol–water partition coefficient (Wildman–Crippen LogP) is 4.93. The molecule has 1 aliphatic heterocycles. The third-order valence-electron chi connectivity index (χ3n) is 6.66. The van der Waals surface area contributed by atoms with Crippen molar-refractivity contribution in [1.29, 1.82) is 4.78 Å². The largest absolute Gasteiger partial charge is 0.339 e. The van der Waals surface area contributed by atoms with Crippen LogP contribution in [0.4, 0.5) is 0 Å². The maximum Gasteiger partial charge on any atom is 0.308 e. The number of nitrogens with zero attached hydrogens (tertiary/aromatic N) is 1. The van der Waals surface area contributed by atoms with Gasteiger partial charge in [-0.25, -0.2) is 0 Å². The molecule has 6 nitrogen and oxygen atoms in total. The molecule has 4 rings (SSSR count). The number of carbonyl (C=O) groups is 2. The number of rotatable bonds is 3. The molecule has 2 aromatic carbocycles. The maximum atomic E-state index is 12.7. The highest BCUT2D eigenvalue weighted by molar-refractivity contribution is 7.60. The van der Waals surface area contributed by atoms with E-state index in [-0.39, 0.29) is 23.0 Å². The molecular weight excluding hydrogens is 460 g/mol. The first-order valence-corrected chi connectivity index (χ1v) is 12.2. The SMILES string of the molecule is CC(=O)C1CC2(CCN(C(=O)/C=C/c3ccccc3C)CC2)c2c(Cl)cccc21.N=S(=O)=O. The maximum absolute atomic E-state index is 12.7. The molecule has 0 aromatic heterocycles. The Morgan fingerprint density at radius 1 is 1.12 bits per heavy atom. The number of benzene rings is 2. The van der Waals surface area contributed by atoms with Gasteiger partial charge in [0.25, 0.3) is 0 Å². The first-order valence-electron chi connectivity index (χ1n) is 10.8. The smallest absolute Gasteiger partial charge is 0.308 e. The molecule has 1 atom stereocenters. The van der Waals surface area contributed by atoms with Crippen molar-refractivity contribution in [2.24, 2.45) is 0 Å². The fourth-order valence-corrected chi connectivity index (χ4v) is 5.39. The van der Waals surface area contributed by atoms with Crippen LogP contribution in [0.25, 0.3) is 6.08 Å². The number of piperidine rings is 1. The Labute approximate surface area is 200 Å². The van der Waals surface area contributed by atoms with Gasteiger partial charge in [-0.1, -0.05) is 48.0 Å². The van der Waals surface area contributed by atoms with Gasteiger partial charge in [0.05, 0.1) is 0 Å². The average molecular weight is 487 g/mol. The molecule has 174 valence electrons. The molecule has 33 heavy (non-hydrogen) atoms. The second kappa shape index (κ2) is 10.4. The zero-order chi connectivity index (χ0) is 24.2. The molecule has 1 fully saturated rings. The molecule has 1 saturated heterocycles. The first kappa shape index (κ1) is 24.9. The van der Waals surface area contributed by atoms with Gasteiger partial charge in [0.1, 0.15) is 5.78 Å². The van der Waals surface area contributed by atoms with E-state index in [1.54, 1.807) is 13.0 Å². The zero-order valence-electron chi connectivity index (χ0n) is 18.7. The minimum atomic E-state index is -2.61. The Morgan fingerprint density at radius 2 is 1.76 bits per heavy atom. The van der Waals surface area contributed by atoms with Gasteiger partial charge in [-0.15, -0.1) is 0 Å². The summed E-state index contributed by atoms with van der Waals surface area (Å²) in [7, 11) is -2.61. The minimum absolute atomic E-state index is 0.0450. The van der Waals surface area contributed by atoms with E-state index in [1.165, 1.54) is 0 Å². The van der Waals surface area contributed by atoms with Gasteiger partial charge in [-0.3, -0.25) is 9.59 Å². The highest BCUT2D eigenvalue weighted by Crippen LogP contribution is 2.54. The van der Waals surface area contributed by atoms with Crippen LogP contribution in [-0.4, -0.2) is 38.1 Å². The van der Waals surface area contributed by atoms with E-state index in [1.807, 2.05) is 60.4 Å². The van der Waals surface area contributed by atoms with Crippen LogP contribution < -0.4 is 0 Å². The lowest BCUT2D eigenvalue weighted by Gasteiger charge is -2.40. The van der Waals surface area contributed by atoms with Gasteiger partial charge in [0.15, 0.2) is 0 Å². The van der Waals surface area contributed by atoms with Crippen molar-refractivity contribution in [2.75, 3.05) is 13.1 Å². The molecule has 0 radical (unpaired) electrons. The Balaban J connectivity index is 0.000000709. The number of fused-ring (bicyclic) bond motifs is 2. The van der Waals surface area contributed by atoms with Gasteiger partial charge >= 0.3 is 10.5 Å². The van der Waals surface area contributed by atoms with Crippen molar-refractivity contribution in [3.63, 3.8) is 0 Å². The van der Waals surface area contributed by atoms with Gasteiger partial charge in [-0.2, -0.15) is 13.2 Å². The van der Waals surface area contributed by atoms with Crippen molar-refractivity contribution < 1.29 is 18.0 Å². The fourth-order valence-electron chi connectivity index (χ4n) is 5.01. The summed E-state index contributed by atoms with van der Waals surface area (Å²) in [5, 5.41) is 0.755. The third-order valence-corrected chi connectivity index (χ3v) is 6.98. The lowest BCUT2D eigenvalue weighted by molar-refractivity contribution is -0.127. The Kier molecular flexibility index (Phi) is 7.87. The number of nitrogens with one attached hydrogen (secondary N) is 1. The summed E-state index contributed by atoms with van der Waals surface area (Å²) in [4.78, 5) is 26.9. The summed E-state index contributed by atoms with van der Waals surface area (Å²) in [5.74, 6) is 0.167. The molecule has 0 saturated carbocycles. The van der Waals surface area contributed by atoms with E-state index < -0.39 is 10.5 Å². The molecule has 2 aliphatic rings. The van der Waals surface area contributed by atoms with Gasteiger partial charge in [-0.05, 0) is 67.5 Å². The highest BCUT2D eigenvalue weighted by atomic mass is 35.5. The predicted molar refractivity (Wildman–Crippen MR) is 129 cm³/mol. The lowest BCUT2D eigenvalue weighted by Crippen LogP contribution is -2.44. The zero-order valence-corrected chi connectivity index (χ0v) is 20.2. The van der Waals surface area contributed by atoms with Crippen molar-refractivity contribution in [3.05, 3.63) is 75.8 Å². The number of ketones is 1. The normalized spacial score (nSPS) is 18.5. The standard InChI is InChI=1S/C25H26ClNO2.HNO2S/c1-17-6-3-4-7-19(17)10-11-23(29)27-14-12-25(13-15-27)16-21(18(2)28)20-8-5-9-22(26)24(20)25;1-4(2)3/h3-11,21H,12-16H2,1-2H3;1H/b11-10+;. The van der Waals surface area contributed by atoms with E-state index >= 15 is 0 Å². The number of aryl methyl sites for hydroxylation is 1. The molecule has 1 heterocycles. The summed E-state index contributed by atoms with van der Waals surface area (Å²) in [6.07, 6.45) is 6.07. The molecule has 1 amide bonds. The van der Waals surface area contributed by atoms with Crippen LogP contribution in [0.5, 0.6) is 0 Å². The number of likely N-dealkylation sites (tertiary alicyclic amines) is 1. The second-order valence-corrected chi connectivity index (χ2v) is 9.48. The minimum Gasteiger partial charge on any atom is -0.339 e. The van der Waals surface area contributed by atoms with Crippen LogP contribution in [0.2, 0.25) is 5.02 Å². The number of hydrogen-bond acceptors (Lipinski definition) is 5. The first-order chi connectivity index (χ1) is 15.6. The molecular formula is C25H27ClN2O4S. The molecule has 1 unspecified atom stereocenters. The van der Waals surface area contributed by atoms with E-state index in [2.05, 4.69) is 0 Å². The summed E-state index contributed by atoms with van der Waals surface area (Å²) in [6.45, 7) is 5.09. The van der Waals surface area contributed by atoms with Crippen molar-refractivity contribution >= 4 is 39.9 Å². The summed E-state index contributed by atoms with van der Waals surface area (Å²) in [5.41, 5.74) is 4.35. The second-order valence-electron chi connectivity index (χ2n) is 8.60. The van der Waals surface area contributed by atoms with Gasteiger partial charge in [0, 0.05) is 35.5 Å². The molecule has 2 aromatic rings. The molecule has 1 spiro atoms. The summed E-state index contributed by atoms with van der Waals surface area (Å²) < 4.78 is 22.8. The van der Waals surface area contributed by atoms with E-state index in [9.17, 15) is 9.59 Å². The average Bonchev–Trinajstić information content (AvgIpc) is 3.08. The van der Waals surface area contributed by atoms with Crippen LogP contribution in [0.15, 0.2) is 48.5 Å². The van der Waals surface area contributed by atoms with Crippen LogP contribution in [0, 0.1) is 11.7 Å². The number of hydrogen-bond donors (Lipinski definition) is 1. The molecule has 0 bridgehead atoms. The molecule has 1 aliphatic carbocycles. The summed E-state index contributed by atoms with van der Waals surface area (Å²) in [6, 6.07) is 13.9. The Bertz CT molecular complexity index is 1190. The van der Waals surface area contributed by atoms with Crippen LogP contribution in [-0.2, 0) is 25.5 Å². The Morgan fingerprint density at radius 3 is 2.36 bits per heavy atom. The lowest BCUT2D eigenvalue weighted by atomic mass is 9.73. The fraction of sp³-hybridized carbons (Fsp3) is 0.360. The quantitative estimate of drug-likeness (QED) is 0.622. The number of carbonyl (C=O) groups excluding carboxylic acids is 2. The Hall–Kier alpha value is -2.77. The van der Waals surface area contributed by atoms with Gasteiger partial charge in [0.2, 0.25) is 5.91 Å². The van der Waals surface area contributed by atoms with E-state index in [0.717, 1.165) is 46.5 Å². The van der Waals surface area contributed by atoms with E-state index in [4.69, 9.17) is 24.8 Å². The molecule has 1 N–H and O–H groups in total. The van der Waals surface area contributed by atoms with Crippen LogP contribution in [0.3, 0.4) is 0 Å². The van der Waals surface area contributed by atoms with E-state index in [0.29, 0.717) is 13.1 Å². The molecule has 8 heteroatoms. The monoisotopic (exact) mass is 486 g/mol. The van der Waals surface area contributed by atoms with Crippen molar-refractivity contribution in [3.8, 4) is 0 Å². The van der Waals surface area contributed by atoms with Gasteiger partial charge < -0.3 is 4.90 Å². The van der Waals surface area contributed by atoms with Crippen molar-refractivity contribution in [2.45, 2.75) is 44.4 Å². The third kappa shape index (κ3) is 5.60. The highest BCUT2D eigenvalue weighted by Gasteiger charge is 2.48. The number of halogens is 1. The number of amides is 1. The van der Waals surface area contributed by atoms with Crippen LogP contribution >= 0.6 is 11.6 Å². The van der Waals surface area contributed by atoms with Crippen LogP contribution in [0.1, 0.15) is 54.4 Å². The number of Topliss-reactive ketones (excluding diaryl/α,β-unsaturated/α-hetero) is 1.